The average molecular weight is 507 g/mol. The summed E-state index contributed by atoms with van der Waals surface area (Å²) in [5, 5.41) is 10.2. The van der Waals surface area contributed by atoms with Crippen molar-refractivity contribution in [2.24, 2.45) is 5.92 Å². The third-order valence-corrected chi connectivity index (χ3v) is 6.76. The van der Waals surface area contributed by atoms with Crippen LogP contribution in [-0.2, 0) is 4.43 Å². The molecule has 3 rings (SSSR count). The highest BCUT2D eigenvalue weighted by Gasteiger charge is 2.20. The Kier molecular flexibility index (Phi) is 8.15. The number of carbonyl (C=O) groups excluding carboxylic acids is 1. The van der Waals surface area contributed by atoms with E-state index in [1.54, 1.807) is 31.2 Å². The second-order valence-corrected chi connectivity index (χ2v) is 14.9. The van der Waals surface area contributed by atoms with Gasteiger partial charge in [0.05, 0.1) is 17.9 Å². The Bertz CT molecular complexity index is 1270. The lowest BCUT2D eigenvalue weighted by Crippen LogP contribution is -2.24. The fourth-order valence-electron chi connectivity index (χ4n) is 3.13. The number of benzene rings is 2. The molecule has 6 nitrogen and oxygen atoms in total. The van der Waals surface area contributed by atoms with Crippen molar-refractivity contribution < 1.29 is 18.7 Å². The summed E-state index contributed by atoms with van der Waals surface area (Å²) in [6, 6.07) is 14.6. The zero-order valence-corrected chi connectivity index (χ0v) is 22.8. The molecule has 8 heteroatoms. The lowest BCUT2D eigenvalue weighted by atomic mass is 10.1. The highest BCUT2D eigenvalue weighted by Crippen LogP contribution is 2.32. The monoisotopic (exact) mass is 506 g/mol. The summed E-state index contributed by atoms with van der Waals surface area (Å²) in [4.78, 5) is 17.8. The van der Waals surface area contributed by atoms with Crippen LogP contribution in [0.2, 0.25) is 19.6 Å². The first-order chi connectivity index (χ1) is 16.5. The molecule has 1 heterocycles. The number of nitrogens with zero attached hydrogens (tertiary/aromatic N) is 2. The van der Waals surface area contributed by atoms with Crippen LogP contribution in [0.5, 0.6) is 11.5 Å². The van der Waals surface area contributed by atoms with Crippen LogP contribution < -0.4 is 9.47 Å². The molecule has 0 unspecified atom stereocenters. The summed E-state index contributed by atoms with van der Waals surface area (Å²) in [6.45, 7) is 16.7. The van der Waals surface area contributed by atoms with Crippen molar-refractivity contribution in [1.29, 1.82) is 5.26 Å². The third-order valence-electron chi connectivity index (χ3n) is 4.72. The van der Waals surface area contributed by atoms with Gasteiger partial charge in [-0.1, -0.05) is 20.4 Å². The summed E-state index contributed by atoms with van der Waals surface area (Å²) in [5.74, 6) is 1.45. The van der Waals surface area contributed by atoms with E-state index in [0.29, 0.717) is 50.9 Å². The number of ether oxygens (including phenoxy) is 2. The van der Waals surface area contributed by atoms with Crippen molar-refractivity contribution in [3.8, 4) is 28.1 Å². The van der Waals surface area contributed by atoms with E-state index in [2.05, 4.69) is 37.3 Å². The number of rotatable bonds is 9. The van der Waals surface area contributed by atoms with Gasteiger partial charge in [-0.2, -0.15) is 5.26 Å². The molecule has 0 amide bonds. The smallest absolute Gasteiger partial charge is 0.355 e. The van der Waals surface area contributed by atoms with E-state index in [9.17, 15) is 10.1 Å². The van der Waals surface area contributed by atoms with E-state index in [0.717, 1.165) is 11.1 Å². The number of esters is 1. The summed E-state index contributed by atoms with van der Waals surface area (Å²) in [6.07, 6.45) is 0. The topological polar surface area (TPSA) is 81.4 Å². The SMILES string of the molecule is C=C(O[Si](C)(C)C)c1ccc(OC(=O)c2sc(-c3ccc(OCC(C)C)c(C#N)c3)nc2C)cc1. The summed E-state index contributed by atoms with van der Waals surface area (Å²) >= 11 is 1.23. The second-order valence-electron chi connectivity index (χ2n) is 9.51. The average Bonchev–Trinajstić information content (AvgIpc) is 3.18. The highest BCUT2D eigenvalue weighted by atomic mass is 32.1. The van der Waals surface area contributed by atoms with E-state index in [1.807, 2.05) is 32.0 Å². The minimum absolute atomic E-state index is 0.352. The highest BCUT2D eigenvalue weighted by molar-refractivity contribution is 7.17. The van der Waals surface area contributed by atoms with E-state index in [-0.39, 0.29) is 0 Å². The number of aromatic nitrogens is 1. The minimum atomic E-state index is -1.75. The number of hydrogen-bond acceptors (Lipinski definition) is 7. The Morgan fingerprint density at radius 2 is 1.86 bits per heavy atom. The molecule has 0 atom stereocenters. The van der Waals surface area contributed by atoms with Gasteiger partial charge >= 0.3 is 5.97 Å². The fourth-order valence-corrected chi connectivity index (χ4v) is 4.93. The van der Waals surface area contributed by atoms with E-state index < -0.39 is 14.3 Å². The van der Waals surface area contributed by atoms with Gasteiger partial charge in [0.15, 0.2) is 0 Å². The summed E-state index contributed by atoms with van der Waals surface area (Å²) in [5.41, 5.74) is 2.59. The maximum atomic E-state index is 12.9. The Hall–Kier alpha value is -3.41. The van der Waals surface area contributed by atoms with Crippen molar-refractivity contribution >= 4 is 31.4 Å². The first-order valence-electron chi connectivity index (χ1n) is 11.3. The van der Waals surface area contributed by atoms with Gasteiger partial charge < -0.3 is 13.9 Å². The standard InChI is InChI=1S/C27H30N2O4SSi/c1-17(2)16-31-24-13-10-21(14-22(24)15-28)26-29-18(3)25(34-26)27(30)32-23-11-8-20(9-12-23)19(4)33-35(5,6)7/h8-14,17H,4,16H2,1-3,5-7H3. The number of aryl methyl sites for hydroxylation is 1. The van der Waals surface area contributed by atoms with Crippen molar-refractivity contribution in [3.05, 3.63) is 70.7 Å². The Labute approximate surface area is 211 Å². The maximum Gasteiger partial charge on any atom is 0.355 e. The Morgan fingerprint density at radius 3 is 2.46 bits per heavy atom. The van der Waals surface area contributed by atoms with Gasteiger partial charge in [0.1, 0.15) is 33.2 Å². The van der Waals surface area contributed by atoms with E-state index in [4.69, 9.17) is 13.9 Å². The lowest BCUT2D eigenvalue weighted by molar-refractivity contribution is 0.0739. The molecule has 0 bridgehead atoms. The first kappa shape index (κ1) is 26.2. The lowest BCUT2D eigenvalue weighted by Gasteiger charge is -2.21. The van der Waals surface area contributed by atoms with Crippen LogP contribution in [0.15, 0.2) is 49.0 Å². The normalized spacial score (nSPS) is 11.1. The fraction of sp³-hybridized carbons (Fsp3) is 0.296. The molecule has 0 N–H and O–H groups in total. The Balaban J connectivity index is 1.74. The van der Waals surface area contributed by atoms with Crippen molar-refractivity contribution in [2.75, 3.05) is 6.61 Å². The summed E-state index contributed by atoms with van der Waals surface area (Å²) in [7, 11) is -1.75. The quantitative estimate of drug-likeness (QED) is 0.134. The molecule has 182 valence electrons. The van der Waals surface area contributed by atoms with Gasteiger partial charge in [0, 0.05) is 11.1 Å². The van der Waals surface area contributed by atoms with Crippen molar-refractivity contribution in [2.45, 2.75) is 40.4 Å². The van der Waals surface area contributed by atoms with E-state index in [1.165, 1.54) is 11.3 Å². The molecule has 35 heavy (non-hydrogen) atoms. The van der Waals surface area contributed by atoms with Crippen LogP contribution in [0.1, 0.15) is 40.3 Å². The van der Waals surface area contributed by atoms with Gasteiger partial charge in [-0.05, 0) is 74.9 Å². The molecule has 0 spiro atoms. The maximum absolute atomic E-state index is 12.9. The van der Waals surface area contributed by atoms with Crippen molar-refractivity contribution in [1.82, 2.24) is 4.98 Å². The van der Waals surface area contributed by atoms with Crippen molar-refractivity contribution in [3.63, 3.8) is 0 Å². The van der Waals surface area contributed by atoms with Crippen LogP contribution in [-0.4, -0.2) is 25.9 Å². The minimum Gasteiger partial charge on any atom is -0.544 e. The molecule has 0 aliphatic heterocycles. The number of hydrogen-bond donors (Lipinski definition) is 0. The van der Waals surface area contributed by atoms with Crippen LogP contribution >= 0.6 is 11.3 Å². The molecular weight excluding hydrogens is 476 g/mol. The number of carbonyl (C=O) groups is 1. The molecular formula is C27H30N2O4SSi. The predicted molar refractivity (Wildman–Crippen MR) is 142 cm³/mol. The van der Waals surface area contributed by atoms with Gasteiger partial charge in [-0.3, -0.25) is 0 Å². The van der Waals surface area contributed by atoms with Gasteiger partial charge in [-0.15, -0.1) is 11.3 Å². The molecule has 0 aliphatic rings. The molecule has 0 fully saturated rings. The van der Waals surface area contributed by atoms with Crippen LogP contribution in [0.3, 0.4) is 0 Å². The third kappa shape index (κ3) is 7.04. The number of thiazole rings is 1. The summed E-state index contributed by atoms with van der Waals surface area (Å²) < 4.78 is 17.2. The molecule has 1 aromatic heterocycles. The van der Waals surface area contributed by atoms with Gasteiger partial charge in [0.2, 0.25) is 8.32 Å². The predicted octanol–water partition coefficient (Wildman–Crippen LogP) is 7.07. The van der Waals surface area contributed by atoms with E-state index >= 15 is 0 Å². The second kappa shape index (κ2) is 10.9. The number of nitriles is 1. The van der Waals surface area contributed by atoms with Gasteiger partial charge in [0.25, 0.3) is 0 Å². The Morgan fingerprint density at radius 1 is 1.17 bits per heavy atom. The molecule has 2 aromatic carbocycles. The first-order valence-corrected chi connectivity index (χ1v) is 15.5. The molecule has 0 saturated heterocycles. The molecule has 0 saturated carbocycles. The van der Waals surface area contributed by atoms with Gasteiger partial charge in [-0.25, -0.2) is 9.78 Å². The van der Waals surface area contributed by atoms with Crippen LogP contribution in [0, 0.1) is 24.2 Å². The largest absolute Gasteiger partial charge is 0.544 e. The van der Waals surface area contributed by atoms with Crippen LogP contribution in [0.4, 0.5) is 0 Å². The molecule has 0 radical (unpaired) electrons. The molecule has 0 aliphatic carbocycles. The zero-order valence-electron chi connectivity index (χ0n) is 21.0. The zero-order chi connectivity index (χ0) is 25.8. The molecule has 3 aromatic rings. The van der Waals surface area contributed by atoms with Crippen LogP contribution in [0.25, 0.3) is 16.3 Å².